The molecule has 0 bridgehead atoms. The van der Waals surface area contributed by atoms with E-state index < -0.39 is 24.2 Å². The van der Waals surface area contributed by atoms with E-state index >= 15 is 0 Å². The SMILES string of the molecule is CC[Si](CC)(CC)c1cccc2c1oc1c([Si](CC)(CC)CC)cccc12.CC[Si](CC)(CC)c1cccc2c1oc1ccccc12.Oc1ccccc1-c1ccccc1.c1ccc2c(c1)oc1ccccc12. The zero-order valence-electron chi connectivity index (χ0n) is 44.9. The summed E-state index contributed by atoms with van der Waals surface area (Å²) in [5.41, 5.74) is 8.40. The Kier molecular flexibility index (Phi) is 17.1. The molecule has 376 valence electrons. The average Bonchev–Trinajstić information content (AvgIpc) is 4.16. The summed E-state index contributed by atoms with van der Waals surface area (Å²) in [6, 6.07) is 74.0. The topological polar surface area (TPSA) is 59.7 Å². The van der Waals surface area contributed by atoms with Crippen molar-refractivity contribution in [3.05, 3.63) is 182 Å². The smallest absolute Gasteiger partial charge is 0.135 e. The first-order valence-corrected chi connectivity index (χ1v) is 35.1. The van der Waals surface area contributed by atoms with E-state index in [1.807, 2.05) is 84.9 Å². The molecule has 1 N–H and O–H groups in total. The lowest BCUT2D eigenvalue weighted by Crippen LogP contribution is -2.46. The van der Waals surface area contributed by atoms with E-state index in [4.69, 9.17) is 13.3 Å². The molecule has 0 saturated heterocycles. The number of hydrogen-bond acceptors (Lipinski definition) is 4. The van der Waals surface area contributed by atoms with E-state index in [9.17, 15) is 5.11 Å². The van der Waals surface area contributed by atoms with Gasteiger partial charge in [-0.05, 0) is 45.4 Å². The van der Waals surface area contributed by atoms with Gasteiger partial charge in [0.1, 0.15) is 39.2 Å². The monoisotopic (exact) mass is 1020 g/mol. The third kappa shape index (κ3) is 10.3. The Bertz CT molecular complexity index is 3390. The Morgan fingerprint density at radius 1 is 0.288 bits per heavy atom. The van der Waals surface area contributed by atoms with E-state index in [0.717, 1.165) is 33.5 Å². The average molecular weight is 1020 g/mol. The highest BCUT2D eigenvalue weighted by molar-refractivity contribution is 6.94. The molecule has 0 spiro atoms. The second kappa shape index (κ2) is 23.7. The predicted octanol–water partition coefficient (Wildman–Crippen LogP) is 19.0. The zero-order chi connectivity index (χ0) is 51.6. The second-order valence-corrected chi connectivity index (χ2v) is 35.4. The van der Waals surface area contributed by atoms with Gasteiger partial charge in [0.25, 0.3) is 0 Å². The van der Waals surface area contributed by atoms with Crippen molar-refractivity contribution in [1.82, 2.24) is 0 Å². The Labute approximate surface area is 437 Å². The van der Waals surface area contributed by atoms with Gasteiger partial charge in [0.05, 0.1) is 24.2 Å². The molecule has 0 aliphatic rings. The van der Waals surface area contributed by atoms with E-state index in [-0.39, 0.29) is 0 Å². The Balaban J connectivity index is 0.000000136. The molecular weight excluding hydrogens is 941 g/mol. The summed E-state index contributed by atoms with van der Waals surface area (Å²) in [5.74, 6) is 0.328. The lowest BCUT2D eigenvalue weighted by Gasteiger charge is -2.29. The van der Waals surface area contributed by atoms with Gasteiger partial charge < -0.3 is 18.4 Å². The molecule has 3 aromatic heterocycles. The van der Waals surface area contributed by atoms with Crippen LogP contribution < -0.4 is 15.6 Å². The number of phenolic OH excluding ortho intramolecular Hbond substituents is 1. The van der Waals surface area contributed by atoms with Crippen molar-refractivity contribution in [2.75, 3.05) is 0 Å². The summed E-state index contributed by atoms with van der Waals surface area (Å²) in [5, 5.41) is 21.8. The molecule has 3 heterocycles. The highest BCUT2D eigenvalue weighted by Gasteiger charge is 2.36. The second-order valence-electron chi connectivity index (χ2n) is 19.7. The van der Waals surface area contributed by atoms with Crippen LogP contribution in [0.25, 0.3) is 76.9 Å². The first kappa shape index (κ1) is 52.9. The van der Waals surface area contributed by atoms with Crippen molar-refractivity contribution in [2.45, 2.75) is 117 Å². The first-order valence-electron chi connectivity index (χ1n) is 27.2. The predicted molar refractivity (Wildman–Crippen MR) is 325 cm³/mol. The van der Waals surface area contributed by atoms with Gasteiger partial charge >= 0.3 is 0 Å². The third-order valence-corrected chi connectivity index (χ3v) is 33.8. The van der Waals surface area contributed by atoms with E-state index in [1.54, 1.807) is 16.4 Å². The molecule has 4 nitrogen and oxygen atoms in total. The maximum atomic E-state index is 9.56. The lowest BCUT2D eigenvalue weighted by atomic mass is 10.1. The van der Waals surface area contributed by atoms with Crippen LogP contribution >= 0.6 is 0 Å². The maximum absolute atomic E-state index is 9.56. The quantitative estimate of drug-likeness (QED) is 0.117. The van der Waals surface area contributed by atoms with Gasteiger partial charge in [0.2, 0.25) is 0 Å². The number of hydrogen-bond donors (Lipinski definition) is 1. The van der Waals surface area contributed by atoms with E-state index in [0.29, 0.717) is 5.75 Å². The van der Waals surface area contributed by atoms with Crippen molar-refractivity contribution in [3.8, 4) is 16.9 Å². The molecule has 0 amide bonds. The van der Waals surface area contributed by atoms with Crippen molar-refractivity contribution in [2.24, 2.45) is 0 Å². The van der Waals surface area contributed by atoms with Crippen LogP contribution in [0.4, 0.5) is 0 Å². The van der Waals surface area contributed by atoms with Gasteiger partial charge in [0.15, 0.2) is 0 Å². The van der Waals surface area contributed by atoms with E-state index in [2.05, 4.69) is 153 Å². The van der Waals surface area contributed by atoms with Gasteiger partial charge in [-0.2, -0.15) is 0 Å². The fourth-order valence-corrected chi connectivity index (χ4v) is 23.1. The fraction of sp³-hybridized carbons (Fsp3) is 0.273. The number of benzene rings is 8. The normalized spacial score (nSPS) is 11.9. The van der Waals surface area contributed by atoms with Crippen LogP contribution in [0.2, 0.25) is 54.4 Å². The molecule has 0 atom stereocenters. The minimum atomic E-state index is -1.49. The van der Waals surface area contributed by atoms with Crippen LogP contribution in [0.5, 0.6) is 5.75 Å². The number of furan rings is 3. The largest absolute Gasteiger partial charge is 0.507 e. The Morgan fingerprint density at radius 3 is 0.986 bits per heavy atom. The minimum absolute atomic E-state index is 0.328. The summed E-state index contributed by atoms with van der Waals surface area (Å²) >= 11 is 0. The first-order chi connectivity index (χ1) is 35.6. The molecule has 73 heavy (non-hydrogen) atoms. The van der Waals surface area contributed by atoms with E-state index in [1.165, 1.54) is 103 Å². The van der Waals surface area contributed by atoms with Gasteiger partial charge in [-0.25, -0.2) is 0 Å². The number of para-hydroxylation sites is 7. The molecule has 11 aromatic rings. The fourth-order valence-electron chi connectivity index (χ4n) is 11.8. The molecule has 11 rings (SSSR count). The van der Waals surface area contributed by atoms with Crippen molar-refractivity contribution >= 4 is 106 Å². The van der Waals surface area contributed by atoms with Crippen LogP contribution in [-0.2, 0) is 0 Å². The van der Waals surface area contributed by atoms with Crippen molar-refractivity contribution in [3.63, 3.8) is 0 Å². The molecule has 7 heteroatoms. The standard InChI is InChI=1S/C24H36OSi2.C18H22OSi.C12H8O.C12H10O/c1-7-26(8-2,9-3)21-17-13-15-19-20-16-14-18-22(24(20)25-23(19)21)27(10-4,11-5)12-6;1-4-20(5-2,6-3)17-13-9-11-15-14-10-7-8-12-16(14)19-18(15)17;1-3-7-11-9(5-1)10-6-2-4-8-12(10)13-11;13-12-9-5-4-8-11(12)10-6-2-1-3-7-10/h13-18H,7-12H2,1-6H3;7-13H,4-6H2,1-3H3;1-8H;1-9,13H. The molecule has 0 unspecified atom stereocenters. The van der Waals surface area contributed by atoms with Crippen LogP contribution in [0.15, 0.2) is 195 Å². The van der Waals surface area contributed by atoms with Crippen LogP contribution in [-0.4, -0.2) is 29.3 Å². The molecule has 0 fully saturated rings. The summed E-state index contributed by atoms with van der Waals surface area (Å²) in [6.45, 7) is 21.3. The molecule has 8 aromatic carbocycles. The summed E-state index contributed by atoms with van der Waals surface area (Å²) in [7, 11) is -4.40. The summed E-state index contributed by atoms with van der Waals surface area (Å²) in [4.78, 5) is 0. The van der Waals surface area contributed by atoms with Gasteiger partial charge in [-0.15, -0.1) is 0 Å². The summed E-state index contributed by atoms with van der Waals surface area (Å²) in [6.07, 6.45) is 0. The zero-order valence-corrected chi connectivity index (χ0v) is 47.9. The number of fused-ring (bicyclic) bond motifs is 9. The molecule has 0 aliphatic carbocycles. The van der Waals surface area contributed by atoms with Gasteiger partial charge in [0, 0.05) is 37.9 Å². The van der Waals surface area contributed by atoms with Crippen LogP contribution in [0.1, 0.15) is 62.3 Å². The Morgan fingerprint density at radius 2 is 0.589 bits per heavy atom. The minimum Gasteiger partial charge on any atom is -0.507 e. The van der Waals surface area contributed by atoms with Crippen LogP contribution in [0, 0.1) is 0 Å². The maximum Gasteiger partial charge on any atom is 0.135 e. The number of rotatable bonds is 13. The molecule has 0 radical (unpaired) electrons. The van der Waals surface area contributed by atoms with Crippen molar-refractivity contribution < 1.29 is 18.4 Å². The number of aromatic hydroxyl groups is 1. The highest BCUT2D eigenvalue weighted by Crippen LogP contribution is 2.35. The summed E-state index contributed by atoms with van der Waals surface area (Å²) < 4.78 is 18.7. The molecular formula is C66H76O4Si3. The molecule has 0 aliphatic heterocycles. The third-order valence-electron chi connectivity index (χ3n) is 17.0. The highest BCUT2D eigenvalue weighted by atomic mass is 28.3. The lowest BCUT2D eigenvalue weighted by molar-refractivity contribution is 0.477. The number of phenols is 1. The van der Waals surface area contributed by atoms with Crippen molar-refractivity contribution in [1.29, 1.82) is 0 Å². The Hall–Kier alpha value is -6.39. The van der Waals surface area contributed by atoms with Gasteiger partial charge in [-0.3, -0.25) is 0 Å². The van der Waals surface area contributed by atoms with Gasteiger partial charge in [-0.1, -0.05) is 274 Å². The van der Waals surface area contributed by atoms with Crippen LogP contribution in [0.3, 0.4) is 0 Å². The molecule has 0 saturated carbocycles.